The highest BCUT2D eigenvalue weighted by Crippen LogP contribution is 2.19. The van der Waals surface area contributed by atoms with E-state index in [-0.39, 0.29) is 24.8 Å². The molecule has 0 spiro atoms. The Bertz CT molecular complexity index is 780. The Morgan fingerprint density at radius 1 is 1.06 bits per heavy atom. The normalized spacial score (nSPS) is 15.8. The quantitative estimate of drug-likeness (QED) is 0.334. The number of unbranched alkanes of at least 4 members (excludes halogenated alkanes) is 7. The summed E-state index contributed by atoms with van der Waals surface area (Å²) in [4.78, 5) is 38.9. The first-order valence-corrected chi connectivity index (χ1v) is 12.3. The van der Waals surface area contributed by atoms with Gasteiger partial charge in [0.15, 0.2) is 6.61 Å². The van der Waals surface area contributed by atoms with Gasteiger partial charge in [0.1, 0.15) is 11.8 Å². The fourth-order valence-corrected chi connectivity index (χ4v) is 4.04. The number of hydrogen-bond acceptors (Lipinski definition) is 5. The zero-order chi connectivity index (χ0) is 24.1. The fraction of sp³-hybridized carbons (Fsp3) is 0.654. The van der Waals surface area contributed by atoms with Crippen LogP contribution in [0.3, 0.4) is 0 Å². The molecule has 0 saturated carbocycles. The molecule has 7 heteroatoms. The molecule has 1 aliphatic heterocycles. The molecule has 1 fully saturated rings. The van der Waals surface area contributed by atoms with E-state index in [9.17, 15) is 14.4 Å². The second kappa shape index (κ2) is 14.6. The summed E-state index contributed by atoms with van der Waals surface area (Å²) in [5.41, 5.74) is 2.06. The maximum absolute atomic E-state index is 12.8. The van der Waals surface area contributed by atoms with Crippen molar-refractivity contribution in [3.8, 4) is 5.75 Å². The molecule has 0 bridgehead atoms. The second-order valence-corrected chi connectivity index (χ2v) is 8.85. The lowest BCUT2D eigenvalue weighted by Gasteiger charge is -2.34. The third-order valence-electron chi connectivity index (χ3n) is 5.95. The van der Waals surface area contributed by atoms with Crippen molar-refractivity contribution in [1.29, 1.82) is 0 Å². The molecule has 0 radical (unpaired) electrons. The zero-order valence-corrected chi connectivity index (χ0v) is 20.5. The van der Waals surface area contributed by atoms with E-state index >= 15 is 0 Å². The molecule has 33 heavy (non-hydrogen) atoms. The van der Waals surface area contributed by atoms with Crippen molar-refractivity contribution in [3.63, 3.8) is 0 Å². The van der Waals surface area contributed by atoms with E-state index in [2.05, 4.69) is 12.2 Å². The summed E-state index contributed by atoms with van der Waals surface area (Å²) in [6.45, 7) is 7.00. The molecule has 0 aliphatic carbocycles. The lowest BCUT2D eigenvalue weighted by molar-refractivity contribution is -0.152. The first-order valence-electron chi connectivity index (χ1n) is 12.3. The number of esters is 1. The summed E-state index contributed by atoms with van der Waals surface area (Å²) in [6.07, 6.45) is 9.18. The van der Waals surface area contributed by atoms with E-state index in [1.807, 2.05) is 32.0 Å². The van der Waals surface area contributed by atoms with Crippen LogP contribution in [0.15, 0.2) is 18.2 Å². The minimum atomic E-state index is -0.861. The van der Waals surface area contributed by atoms with Gasteiger partial charge in [0.05, 0.1) is 13.0 Å². The SMILES string of the molecule is CCCCCCCCCCOC(=O)CC1C(=O)NCCN1C(=O)COc1ccc(C)cc1C. The van der Waals surface area contributed by atoms with Crippen LogP contribution in [-0.4, -0.2) is 55.0 Å². The molecule has 0 aromatic heterocycles. The highest BCUT2D eigenvalue weighted by Gasteiger charge is 2.35. The van der Waals surface area contributed by atoms with Crippen molar-refractivity contribution in [2.45, 2.75) is 84.6 Å². The molecule has 1 aromatic carbocycles. The zero-order valence-electron chi connectivity index (χ0n) is 20.5. The van der Waals surface area contributed by atoms with Crippen LogP contribution in [0.2, 0.25) is 0 Å². The Hall–Kier alpha value is -2.57. The molecule has 1 saturated heterocycles. The van der Waals surface area contributed by atoms with Gasteiger partial charge in [0.25, 0.3) is 5.91 Å². The number of benzene rings is 1. The van der Waals surface area contributed by atoms with Crippen LogP contribution in [0.5, 0.6) is 5.75 Å². The topological polar surface area (TPSA) is 84.9 Å². The average Bonchev–Trinajstić information content (AvgIpc) is 2.78. The number of nitrogens with one attached hydrogen (secondary N) is 1. The molecule has 1 heterocycles. The van der Waals surface area contributed by atoms with Gasteiger partial charge in [-0.25, -0.2) is 0 Å². The molecule has 7 nitrogen and oxygen atoms in total. The summed E-state index contributed by atoms with van der Waals surface area (Å²) < 4.78 is 11.0. The van der Waals surface area contributed by atoms with Gasteiger partial charge >= 0.3 is 5.97 Å². The van der Waals surface area contributed by atoms with E-state index < -0.39 is 12.0 Å². The third kappa shape index (κ3) is 9.44. The first kappa shape index (κ1) is 26.7. The van der Waals surface area contributed by atoms with Crippen LogP contribution in [0.1, 0.15) is 75.8 Å². The standard InChI is InChI=1S/C26H40N2O5/c1-4-5-6-7-8-9-10-11-16-32-25(30)18-22-26(31)27-14-15-28(22)24(29)19-33-23-13-12-20(2)17-21(23)3/h12-13,17,22H,4-11,14-16,18-19H2,1-3H3,(H,27,31). The Labute approximate surface area is 198 Å². The summed E-state index contributed by atoms with van der Waals surface area (Å²) in [5, 5.41) is 2.73. The first-order chi connectivity index (χ1) is 15.9. The van der Waals surface area contributed by atoms with Crippen LogP contribution < -0.4 is 10.1 Å². The van der Waals surface area contributed by atoms with Gasteiger partial charge in [-0.1, -0.05) is 69.6 Å². The molecule has 1 N–H and O–H groups in total. The Balaban J connectivity index is 1.75. The van der Waals surface area contributed by atoms with Crippen LogP contribution in [0.4, 0.5) is 0 Å². The molecule has 2 amide bonds. The molecular weight excluding hydrogens is 420 g/mol. The lowest BCUT2D eigenvalue weighted by atomic mass is 10.1. The maximum Gasteiger partial charge on any atom is 0.308 e. The van der Waals surface area contributed by atoms with E-state index in [1.54, 1.807) is 0 Å². The van der Waals surface area contributed by atoms with Crippen molar-refractivity contribution < 1.29 is 23.9 Å². The predicted molar refractivity (Wildman–Crippen MR) is 128 cm³/mol. The van der Waals surface area contributed by atoms with Crippen LogP contribution in [0, 0.1) is 13.8 Å². The number of hydrogen-bond donors (Lipinski definition) is 1. The third-order valence-corrected chi connectivity index (χ3v) is 5.95. The smallest absolute Gasteiger partial charge is 0.308 e. The summed E-state index contributed by atoms with van der Waals surface area (Å²) in [5.74, 6) is -0.458. The summed E-state index contributed by atoms with van der Waals surface area (Å²) >= 11 is 0. The average molecular weight is 461 g/mol. The summed E-state index contributed by atoms with van der Waals surface area (Å²) in [6, 6.07) is 4.88. The Morgan fingerprint density at radius 3 is 2.45 bits per heavy atom. The number of nitrogens with zero attached hydrogens (tertiary/aromatic N) is 1. The van der Waals surface area contributed by atoms with Gasteiger partial charge < -0.3 is 19.7 Å². The molecule has 1 atom stereocenters. The van der Waals surface area contributed by atoms with Gasteiger partial charge in [0.2, 0.25) is 5.91 Å². The van der Waals surface area contributed by atoms with E-state index in [0.29, 0.717) is 25.4 Å². The molecule has 184 valence electrons. The summed E-state index contributed by atoms with van der Waals surface area (Å²) in [7, 11) is 0. The van der Waals surface area contributed by atoms with Gasteiger partial charge in [0, 0.05) is 13.1 Å². The fourth-order valence-electron chi connectivity index (χ4n) is 4.04. The largest absolute Gasteiger partial charge is 0.483 e. The van der Waals surface area contributed by atoms with Crippen LogP contribution >= 0.6 is 0 Å². The highest BCUT2D eigenvalue weighted by atomic mass is 16.5. The van der Waals surface area contributed by atoms with E-state index in [1.165, 1.54) is 37.0 Å². The van der Waals surface area contributed by atoms with Crippen LogP contribution in [0.25, 0.3) is 0 Å². The number of carbonyl (C=O) groups is 3. The van der Waals surface area contributed by atoms with Crippen molar-refractivity contribution in [3.05, 3.63) is 29.3 Å². The van der Waals surface area contributed by atoms with E-state index in [0.717, 1.165) is 30.4 Å². The second-order valence-electron chi connectivity index (χ2n) is 8.85. The van der Waals surface area contributed by atoms with Crippen molar-refractivity contribution in [1.82, 2.24) is 10.2 Å². The lowest BCUT2D eigenvalue weighted by Crippen LogP contribution is -2.58. The van der Waals surface area contributed by atoms with Gasteiger partial charge in [-0.05, 0) is 31.9 Å². The maximum atomic E-state index is 12.8. The van der Waals surface area contributed by atoms with Gasteiger partial charge in [-0.2, -0.15) is 0 Å². The monoisotopic (exact) mass is 460 g/mol. The number of rotatable bonds is 14. The molecular formula is C26H40N2O5. The minimum absolute atomic E-state index is 0.141. The van der Waals surface area contributed by atoms with Crippen molar-refractivity contribution in [2.75, 3.05) is 26.3 Å². The van der Waals surface area contributed by atoms with Crippen molar-refractivity contribution >= 4 is 17.8 Å². The highest BCUT2D eigenvalue weighted by molar-refractivity contribution is 5.92. The number of ether oxygens (including phenoxy) is 2. The van der Waals surface area contributed by atoms with Crippen molar-refractivity contribution in [2.24, 2.45) is 0 Å². The van der Waals surface area contributed by atoms with Gasteiger partial charge in [-0.15, -0.1) is 0 Å². The molecule has 1 aromatic rings. The predicted octanol–water partition coefficient (Wildman–Crippen LogP) is 4.08. The Kier molecular flexibility index (Phi) is 11.8. The van der Waals surface area contributed by atoms with Crippen LogP contribution in [-0.2, 0) is 19.1 Å². The van der Waals surface area contributed by atoms with Gasteiger partial charge in [-0.3, -0.25) is 14.4 Å². The minimum Gasteiger partial charge on any atom is -0.483 e. The molecule has 2 rings (SSSR count). The number of aryl methyl sites for hydroxylation is 2. The number of carbonyl (C=O) groups excluding carboxylic acids is 3. The number of piperazine rings is 1. The molecule has 1 aliphatic rings. The number of amides is 2. The van der Waals surface area contributed by atoms with E-state index in [4.69, 9.17) is 9.47 Å². The Morgan fingerprint density at radius 2 is 1.76 bits per heavy atom. The molecule has 1 unspecified atom stereocenters.